The molecule has 0 bridgehead atoms. The summed E-state index contributed by atoms with van der Waals surface area (Å²) in [5, 5.41) is 3.95. The third-order valence-electron chi connectivity index (χ3n) is 4.62. The van der Waals surface area contributed by atoms with Crippen LogP contribution in [0.15, 0.2) is 24.3 Å². The van der Waals surface area contributed by atoms with Gasteiger partial charge in [-0.3, -0.25) is 9.59 Å². The van der Waals surface area contributed by atoms with Gasteiger partial charge >= 0.3 is 5.97 Å². The van der Waals surface area contributed by atoms with Crippen LogP contribution in [0.5, 0.6) is 0 Å². The number of benzene rings is 1. The van der Waals surface area contributed by atoms with Gasteiger partial charge in [0.2, 0.25) is 0 Å². The van der Waals surface area contributed by atoms with Gasteiger partial charge in [-0.15, -0.1) is 0 Å². The highest BCUT2D eigenvalue weighted by Gasteiger charge is 2.31. The lowest BCUT2D eigenvalue weighted by molar-refractivity contribution is -0.139. The van der Waals surface area contributed by atoms with Crippen LogP contribution in [0.2, 0.25) is 0 Å². The summed E-state index contributed by atoms with van der Waals surface area (Å²) in [6, 6.07) is 7.63. The number of aromatic nitrogens is 1. The fourth-order valence-corrected chi connectivity index (χ4v) is 3.41. The molecule has 1 amide bonds. The monoisotopic (exact) mass is 344 g/mol. The van der Waals surface area contributed by atoms with Crippen LogP contribution in [0.25, 0.3) is 10.9 Å². The van der Waals surface area contributed by atoms with E-state index in [1.54, 1.807) is 0 Å². The molecular formula is C19H24N2O4. The topological polar surface area (TPSA) is 80.4 Å². The van der Waals surface area contributed by atoms with Crippen molar-refractivity contribution < 1.29 is 19.1 Å². The Labute approximate surface area is 146 Å². The zero-order valence-corrected chi connectivity index (χ0v) is 14.8. The van der Waals surface area contributed by atoms with E-state index in [-0.39, 0.29) is 29.9 Å². The van der Waals surface area contributed by atoms with E-state index in [1.165, 1.54) is 7.11 Å². The minimum absolute atomic E-state index is 0.0497. The number of fused-ring (bicyclic) bond motifs is 1. The van der Waals surface area contributed by atoms with Gasteiger partial charge in [-0.25, -0.2) is 0 Å². The van der Waals surface area contributed by atoms with Gasteiger partial charge in [0, 0.05) is 29.1 Å². The molecule has 25 heavy (non-hydrogen) atoms. The van der Waals surface area contributed by atoms with Gasteiger partial charge in [0.1, 0.15) is 5.69 Å². The summed E-state index contributed by atoms with van der Waals surface area (Å²) >= 11 is 0. The molecule has 1 saturated heterocycles. The molecule has 1 atom stereocenters. The maximum atomic E-state index is 12.8. The average Bonchev–Trinajstić information content (AvgIpc) is 2.92. The van der Waals surface area contributed by atoms with Gasteiger partial charge in [0.15, 0.2) is 0 Å². The molecule has 2 heterocycles. The van der Waals surface area contributed by atoms with Crippen molar-refractivity contribution >= 4 is 22.8 Å². The number of carbonyl (C=O) groups is 2. The lowest BCUT2D eigenvalue weighted by Crippen LogP contribution is -2.46. The average molecular weight is 344 g/mol. The largest absolute Gasteiger partial charge is 0.469 e. The summed E-state index contributed by atoms with van der Waals surface area (Å²) in [6.45, 7) is 4.67. The Morgan fingerprint density at radius 3 is 2.84 bits per heavy atom. The zero-order chi connectivity index (χ0) is 18.0. The smallest absolute Gasteiger partial charge is 0.310 e. The van der Waals surface area contributed by atoms with Crippen molar-refractivity contribution in [1.82, 2.24) is 10.3 Å². The number of amides is 1. The van der Waals surface area contributed by atoms with Crippen molar-refractivity contribution in [2.45, 2.75) is 44.8 Å². The Bertz CT molecular complexity index is 794. The molecule has 0 radical (unpaired) electrons. The third-order valence-corrected chi connectivity index (χ3v) is 4.62. The number of aromatic amines is 1. The molecule has 0 saturated carbocycles. The fraction of sp³-hybridized carbons (Fsp3) is 0.474. The first-order chi connectivity index (χ1) is 11.9. The Balaban J connectivity index is 1.87. The summed E-state index contributed by atoms with van der Waals surface area (Å²) in [5.41, 5.74) is 1.69. The number of rotatable bonds is 4. The van der Waals surface area contributed by atoms with Crippen LogP contribution in [0.3, 0.4) is 0 Å². The van der Waals surface area contributed by atoms with Gasteiger partial charge in [-0.2, -0.15) is 0 Å². The molecule has 0 unspecified atom stereocenters. The number of para-hydroxylation sites is 1. The normalized spacial score (nSPS) is 19.6. The highest BCUT2D eigenvalue weighted by molar-refractivity contribution is 6.02. The van der Waals surface area contributed by atoms with Crippen LogP contribution in [0.4, 0.5) is 0 Å². The molecule has 0 spiro atoms. The van der Waals surface area contributed by atoms with Crippen molar-refractivity contribution in [3.8, 4) is 0 Å². The van der Waals surface area contributed by atoms with Crippen LogP contribution in [-0.4, -0.2) is 42.2 Å². The standard InChI is InChI=1S/C19H24N2O4/c1-19(2)11-12(8-9-25-19)20-18(23)17-14(10-16(22)24-3)13-6-4-5-7-15(13)21-17/h4-7,12,21H,8-11H2,1-3H3,(H,20,23)/t12-/m1/s1. The van der Waals surface area contributed by atoms with Crippen LogP contribution in [0, 0.1) is 0 Å². The number of ether oxygens (including phenoxy) is 2. The molecule has 6 heteroatoms. The number of hydrogen-bond acceptors (Lipinski definition) is 4. The van der Waals surface area contributed by atoms with Crippen LogP contribution in [-0.2, 0) is 20.7 Å². The second-order valence-corrected chi connectivity index (χ2v) is 7.05. The molecule has 1 fully saturated rings. The van der Waals surface area contributed by atoms with E-state index in [1.807, 2.05) is 38.1 Å². The predicted octanol–water partition coefficient (Wildman–Crippen LogP) is 2.57. The molecule has 1 aliphatic heterocycles. The number of esters is 1. The van der Waals surface area contributed by atoms with Crippen molar-refractivity contribution in [3.63, 3.8) is 0 Å². The van der Waals surface area contributed by atoms with Gasteiger partial charge in [-0.05, 0) is 32.8 Å². The van der Waals surface area contributed by atoms with Crippen molar-refractivity contribution in [2.24, 2.45) is 0 Å². The summed E-state index contributed by atoms with van der Waals surface area (Å²) in [4.78, 5) is 27.8. The molecule has 2 N–H and O–H groups in total. The first kappa shape index (κ1) is 17.5. The highest BCUT2D eigenvalue weighted by atomic mass is 16.5. The SMILES string of the molecule is COC(=O)Cc1c(C(=O)N[C@@H]2CCOC(C)(C)C2)[nH]c2ccccc12. The highest BCUT2D eigenvalue weighted by Crippen LogP contribution is 2.26. The van der Waals surface area contributed by atoms with Crippen molar-refractivity contribution in [3.05, 3.63) is 35.5 Å². The lowest BCUT2D eigenvalue weighted by atomic mass is 9.94. The van der Waals surface area contributed by atoms with Crippen molar-refractivity contribution in [2.75, 3.05) is 13.7 Å². The Kier molecular flexibility index (Phi) is 4.81. The third kappa shape index (κ3) is 3.85. The molecule has 134 valence electrons. The summed E-state index contributed by atoms with van der Waals surface area (Å²) < 4.78 is 10.5. The van der Waals surface area contributed by atoms with Crippen LogP contribution >= 0.6 is 0 Å². The molecule has 1 aliphatic rings. The zero-order valence-electron chi connectivity index (χ0n) is 14.8. The first-order valence-corrected chi connectivity index (χ1v) is 8.51. The molecule has 1 aromatic heterocycles. The maximum Gasteiger partial charge on any atom is 0.310 e. The van der Waals surface area contributed by atoms with Crippen molar-refractivity contribution in [1.29, 1.82) is 0 Å². The van der Waals surface area contributed by atoms with E-state index >= 15 is 0 Å². The molecule has 2 aromatic rings. The Hall–Kier alpha value is -2.34. The molecular weight excluding hydrogens is 320 g/mol. The summed E-state index contributed by atoms with van der Waals surface area (Å²) in [7, 11) is 1.35. The predicted molar refractivity (Wildman–Crippen MR) is 94.5 cm³/mol. The van der Waals surface area contributed by atoms with E-state index in [4.69, 9.17) is 9.47 Å². The van der Waals surface area contributed by atoms with Gasteiger partial charge < -0.3 is 19.8 Å². The maximum absolute atomic E-state index is 12.8. The fourth-order valence-electron chi connectivity index (χ4n) is 3.41. The van der Waals surface area contributed by atoms with Crippen LogP contribution in [0.1, 0.15) is 42.7 Å². The summed E-state index contributed by atoms with van der Waals surface area (Å²) in [5.74, 6) is -0.566. The minimum atomic E-state index is -0.369. The number of carbonyl (C=O) groups excluding carboxylic acids is 2. The summed E-state index contributed by atoms with van der Waals surface area (Å²) in [6.07, 6.45) is 1.59. The number of nitrogens with one attached hydrogen (secondary N) is 2. The Morgan fingerprint density at radius 2 is 2.12 bits per heavy atom. The van der Waals surface area contributed by atoms with E-state index in [2.05, 4.69) is 10.3 Å². The molecule has 0 aliphatic carbocycles. The second kappa shape index (κ2) is 6.88. The van der Waals surface area contributed by atoms with Crippen LogP contribution < -0.4 is 5.32 Å². The van der Waals surface area contributed by atoms with E-state index in [0.29, 0.717) is 17.9 Å². The lowest BCUT2D eigenvalue weighted by Gasteiger charge is -2.35. The van der Waals surface area contributed by atoms with Gasteiger partial charge in [-0.1, -0.05) is 18.2 Å². The quantitative estimate of drug-likeness (QED) is 0.836. The molecule has 3 rings (SSSR count). The number of methoxy groups -OCH3 is 1. The first-order valence-electron chi connectivity index (χ1n) is 8.51. The van der Waals surface area contributed by atoms with E-state index in [0.717, 1.165) is 23.7 Å². The number of hydrogen-bond donors (Lipinski definition) is 2. The van der Waals surface area contributed by atoms with Gasteiger partial charge in [0.05, 0.1) is 19.1 Å². The Morgan fingerprint density at radius 1 is 1.36 bits per heavy atom. The number of H-pyrrole nitrogens is 1. The molecule has 1 aromatic carbocycles. The molecule has 6 nitrogen and oxygen atoms in total. The van der Waals surface area contributed by atoms with E-state index in [9.17, 15) is 9.59 Å². The minimum Gasteiger partial charge on any atom is -0.469 e. The van der Waals surface area contributed by atoms with E-state index < -0.39 is 0 Å². The van der Waals surface area contributed by atoms with Gasteiger partial charge in [0.25, 0.3) is 5.91 Å². The second-order valence-electron chi connectivity index (χ2n) is 7.05.